The van der Waals surface area contributed by atoms with Crippen LogP contribution < -0.4 is 0 Å². The fourth-order valence-corrected chi connectivity index (χ4v) is 1.67. The van der Waals surface area contributed by atoms with Crippen LogP contribution in [0.4, 0.5) is 0 Å². The van der Waals surface area contributed by atoms with Gasteiger partial charge in [-0.2, -0.15) is 0 Å². The Labute approximate surface area is 121 Å². The van der Waals surface area contributed by atoms with E-state index in [0.29, 0.717) is 0 Å². The van der Waals surface area contributed by atoms with Crippen LogP contribution in [0.25, 0.3) is 0 Å². The van der Waals surface area contributed by atoms with Crippen LogP contribution in [0, 0.1) is 10.8 Å². The van der Waals surface area contributed by atoms with Crippen LogP contribution in [0.15, 0.2) is 0 Å². The Morgan fingerprint density at radius 1 is 1.00 bits per heavy atom. The molecule has 5 heteroatoms. The lowest BCUT2D eigenvalue weighted by molar-refractivity contribution is -0.156. The van der Waals surface area contributed by atoms with Gasteiger partial charge in [0.1, 0.15) is 11.8 Å². The zero-order valence-electron chi connectivity index (χ0n) is 13.9. The highest BCUT2D eigenvalue weighted by molar-refractivity contribution is 5.93. The van der Waals surface area contributed by atoms with E-state index in [9.17, 15) is 14.4 Å². The first-order valence-electron chi connectivity index (χ1n) is 6.70. The van der Waals surface area contributed by atoms with E-state index in [0.717, 1.165) is 0 Å². The number of hydrogen-bond donors (Lipinski definition) is 0. The van der Waals surface area contributed by atoms with Gasteiger partial charge in [-0.1, -0.05) is 41.5 Å². The first-order valence-corrected chi connectivity index (χ1v) is 6.70. The molecule has 20 heavy (non-hydrogen) atoms. The molecule has 0 bridgehead atoms. The lowest BCUT2D eigenvalue weighted by Crippen LogP contribution is -2.49. The second-order valence-corrected chi connectivity index (χ2v) is 7.08. The van der Waals surface area contributed by atoms with Gasteiger partial charge in [-0.05, 0) is 0 Å². The summed E-state index contributed by atoms with van der Waals surface area (Å²) in [5, 5.41) is 0. The Morgan fingerprint density at radius 3 is 1.75 bits per heavy atom. The van der Waals surface area contributed by atoms with Crippen molar-refractivity contribution in [3.8, 4) is 0 Å². The third kappa shape index (κ3) is 4.94. The minimum Gasteiger partial charge on any atom is -0.467 e. The number of likely N-dealkylation sites (N-methyl/N-ethyl adjacent to an activating group) is 1. The lowest BCUT2D eigenvalue weighted by atomic mass is 9.86. The first kappa shape index (κ1) is 18.6. The Bertz CT molecular complexity index is 388. The number of rotatable bonds is 4. The number of carbonyl (C=O) groups is 3. The van der Waals surface area contributed by atoms with E-state index in [1.54, 1.807) is 41.5 Å². The number of methoxy groups -OCH3 is 1. The quantitative estimate of drug-likeness (QED) is 0.741. The Balaban J connectivity index is 5.24. The van der Waals surface area contributed by atoms with Gasteiger partial charge in [0.05, 0.1) is 7.11 Å². The number of Topliss-reactive ketones (excluding diaryl/α,β-unsaturated/α-hetero) is 1. The zero-order chi connectivity index (χ0) is 16.3. The highest BCUT2D eigenvalue weighted by Gasteiger charge is 2.36. The molecule has 0 fully saturated rings. The zero-order valence-corrected chi connectivity index (χ0v) is 13.9. The van der Waals surface area contributed by atoms with Crippen LogP contribution in [0.5, 0.6) is 0 Å². The number of hydrogen-bond acceptors (Lipinski definition) is 4. The summed E-state index contributed by atoms with van der Waals surface area (Å²) in [7, 11) is 2.79. The largest absolute Gasteiger partial charge is 0.467 e. The van der Waals surface area contributed by atoms with Crippen LogP contribution in [-0.4, -0.2) is 42.8 Å². The SMILES string of the molecule is COC(=O)C(CC(=O)C(C)(C)C)N(C)C(=O)C(C)(C)C. The van der Waals surface area contributed by atoms with Crippen LogP contribution in [0.2, 0.25) is 0 Å². The van der Waals surface area contributed by atoms with Crippen molar-refractivity contribution in [1.29, 1.82) is 0 Å². The second-order valence-electron chi connectivity index (χ2n) is 7.08. The van der Waals surface area contributed by atoms with Gasteiger partial charge in [0, 0.05) is 24.3 Å². The van der Waals surface area contributed by atoms with E-state index in [2.05, 4.69) is 0 Å². The van der Waals surface area contributed by atoms with Gasteiger partial charge in [0.2, 0.25) is 5.91 Å². The predicted molar refractivity (Wildman–Crippen MR) is 77.1 cm³/mol. The standard InChI is InChI=1S/C15H27NO4/c1-14(2,3)11(17)9-10(12(18)20-8)16(7)13(19)15(4,5)6/h10H,9H2,1-8H3. The van der Waals surface area contributed by atoms with Crippen molar-refractivity contribution in [3.63, 3.8) is 0 Å². The molecule has 0 aliphatic rings. The second kappa shape index (κ2) is 6.37. The van der Waals surface area contributed by atoms with E-state index < -0.39 is 22.8 Å². The first-order chi connectivity index (χ1) is 8.82. The molecular weight excluding hydrogens is 258 g/mol. The van der Waals surface area contributed by atoms with Crippen LogP contribution in [0.3, 0.4) is 0 Å². The molecule has 1 atom stereocenters. The maximum absolute atomic E-state index is 12.3. The number of ketones is 1. The van der Waals surface area contributed by atoms with Crippen molar-refractivity contribution in [2.45, 2.75) is 54.0 Å². The molecule has 116 valence electrons. The molecule has 0 heterocycles. The topological polar surface area (TPSA) is 63.7 Å². The summed E-state index contributed by atoms with van der Waals surface area (Å²) < 4.78 is 4.72. The summed E-state index contributed by atoms with van der Waals surface area (Å²) in [5.41, 5.74) is -1.18. The Kier molecular flexibility index (Phi) is 5.93. The summed E-state index contributed by atoms with van der Waals surface area (Å²) in [6, 6.07) is -0.876. The third-order valence-corrected chi connectivity index (χ3v) is 3.12. The van der Waals surface area contributed by atoms with Gasteiger partial charge >= 0.3 is 5.97 Å². The van der Waals surface area contributed by atoms with Crippen molar-refractivity contribution < 1.29 is 19.1 Å². The Morgan fingerprint density at radius 2 is 1.45 bits per heavy atom. The van der Waals surface area contributed by atoms with E-state index in [1.165, 1.54) is 19.1 Å². The molecule has 5 nitrogen and oxygen atoms in total. The van der Waals surface area contributed by atoms with Gasteiger partial charge in [0.15, 0.2) is 0 Å². The number of ether oxygens (including phenoxy) is 1. The predicted octanol–water partition coefficient (Wildman–Crippen LogP) is 2.04. The summed E-state index contributed by atoms with van der Waals surface area (Å²) >= 11 is 0. The molecule has 0 rings (SSSR count). The van der Waals surface area contributed by atoms with Gasteiger partial charge < -0.3 is 9.64 Å². The molecule has 0 aromatic rings. The number of amides is 1. The number of carbonyl (C=O) groups excluding carboxylic acids is 3. The summed E-state index contributed by atoms with van der Waals surface area (Å²) in [6.07, 6.45) is -0.0332. The summed E-state index contributed by atoms with van der Waals surface area (Å²) in [5.74, 6) is -0.848. The fourth-order valence-electron chi connectivity index (χ4n) is 1.67. The van der Waals surface area contributed by atoms with E-state index in [4.69, 9.17) is 4.74 Å². The van der Waals surface area contributed by atoms with Crippen molar-refractivity contribution in [2.75, 3.05) is 14.2 Å². The van der Waals surface area contributed by atoms with E-state index >= 15 is 0 Å². The van der Waals surface area contributed by atoms with Crippen LogP contribution in [-0.2, 0) is 19.1 Å². The fraction of sp³-hybridized carbons (Fsp3) is 0.800. The molecule has 0 aliphatic carbocycles. The molecule has 0 aliphatic heterocycles. The summed E-state index contributed by atoms with van der Waals surface area (Å²) in [6.45, 7) is 10.7. The highest BCUT2D eigenvalue weighted by atomic mass is 16.5. The molecular formula is C15H27NO4. The van der Waals surface area contributed by atoms with Crippen molar-refractivity contribution in [1.82, 2.24) is 4.90 Å². The monoisotopic (exact) mass is 285 g/mol. The maximum atomic E-state index is 12.3. The molecule has 0 saturated heterocycles. The maximum Gasteiger partial charge on any atom is 0.329 e. The molecule has 0 N–H and O–H groups in total. The lowest BCUT2D eigenvalue weighted by Gasteiger charge is -2.32. The Hall–Kier alpha value is -1.39. The highest BCUT2D eigenvalue weighted by Crippen LogP contribution is 2.23. The van der Waals surface area contributed by atoms with Gasteiger partial charge in [-0.25, -0.2) is 4.79 Å². The van der Waals surface area contributed by atoms with Crippen LogP contribution in [0.1, 0.15) is 48.0 Å². The average molecular weight is 285 g/mol. The van der Waals surface area contributed by atoms with Crippen molar-refractivity contribution in [3.05, 3.63) is 0 Å². The molecule has 0 aromatic heterocycles. The van der Waals surface area contributed by atoms with Crippen molar-refractivity contribution in [2.24, 2.45) is 10.8 Å². The number of esters is 1. The van der Waals surface area contributed by atoms with E-state index in [1.807, 2.05) is 0 Å². The molecule has 0 saturated carbocycles. The molecule has 1 unspecified atom stereocenters. The minimum absolute atomic E-state index is 0.0332. The molecule has 0 aromatic carbocycles. The summed E-state index contributed by atoms with van der Waals surface area (Å²) in [4.78, 5) is 37.6. The van der Waals surface area contributed by atoms with Gasteiger partial charge in [0.25, 0.3) is 0 Å². The normalized spacial score (nSPS) is 13.6. The van der Waals surface area contributed by atoms with Gasteiger partial charge in [-0.15, -0.1) is 0 Å². The van der Waals surface area contributed by atoms with Gasteiger partial charge in [-0.3, -0.25) is 9.59 Å². The smallest absolute Gasteiger partial charge is 0.329 e. The van der Waals surface area contributed by atoms with Crippen LogP contribution >= 0.6 is 0 Å². The average Bonchev–Trinajstić information content (AvgIpc) is 2.30. The van der Waals surface area contributed by atoms with E-state index in [-0.39, 0.29) is 18.1 Å². The molecule has 1 amide bonds. The minimum atomic E-state index is -0.876. The van der Waals surface area contributed by atoms with Crippen molar-refractivity contribution >= 4 is 17.7 Å². The molecule has 0 radical (unpaired) electrons. The number of nitrogens with zero attached hydrogens (tertiary/aromatic N) is 1. The molecule has 0 spiro atoms. The third-order valence-electron chi connectivity index (χ3n) is 3.12.